The number of halogens is 3. The van der Waals surface area contributed by atoms with E-state index in [1.54, 1.807) is 30.5 Å². The van der Waals surface area contributed by atoms with Crippen molar-refractivity contribution >= 4 is 29.4 Å². The normalized spacial score (nSPS) is 21.4. The minimum atomic E-state index is -3.11. The van der Waals surface area contributed by atoms with Crippen LogP contribution in [0.25, 0.3) is 10.9 Å². The van der Waals surface area contributed by atoms with Crippen molar-refractivity contribution in [3.8, 4) is 0 Å². The molecule has 7 heteroatoms. The Labute approximate surface area is 113 Å². The first kappa shape index (κ1) is 13.6. The Kier molecular flexibility index (Phi) is 3.36. The summed E-state index contributed by atoms with van der Waals surface area (Å²) in [6.45, 7) is -0.894. The average molecular weight is 289 g/mol. The van der Waals surface area contributed by atoms with Gasteiger partial charge in [0.15, 0.2) is 6.61 Å². The maximum atomic E-state index is 13.7. The van der Waals surface area contributed by atoms with Gasteiger partial charge in [0.25, 0.3) is 0 Å². The molecule has 1 fully saturated rings. The van der Waals surface area contributed by atoms with Gasteiger partial charge >= 0.3 is 12.0 Å². The molecule has 0 spiro atoms. The van der Waals surface area contributed by atoms with Crippen molar-refractivity contribution in [2.75, 3.05) is 6.61 Å². The molecule has 0 unspecified atom stereocenters. The van der Waals surface area contributed by atoms with E-state index in [0.717, 1.165) is 10.9 Å². The highest BCUT2D eigenvalue weighted by Crippen LogP contribution is 2.35. The minimum absolute atomic E-state index is 0. The Balaban J connectivity index is 0.00000133. The molecule has 1 aliphatic heterocycles. The van der Waals surface area contributed by atoms with Gasteiger partial charge in [-0.1, -0.05) is 6.07 Å². The van der Waals surface area contributed by atoms with Gasteiger partial charge in [0, 0.05) is 11.7 Å². The molecule has 2 aromatic rings. The van der Waals surface area contributed by atoms with Crippen LogP contribution >= 0.6 is 12.4 Å². The number of benzene rings is 1. The smallest absolute Gasteiger partial charge is 0.408 e. The van der Waals surface area contributed by atoms with Crippen molar-refractivity contribution in [3.63, 3.8) is 0 Å². The Bertz CT molecular complexity index is 615. The van der Waals surface area contributed by atoms with Gasteiger partial charge in [0.2, 0.25) is 0 Å². The van der Waals surface area contributed by atoms with E-state index in [1.165, 1.54) is 0 Å². The molecule has 2 heterocycles. The zero-order valence-electron chi connectivity index (χ0n) is 9.65. The van der Waals surface area contributed by atoms with Gasteiger partial charge in [0.1, 0.15) is 6.04 Å². The van der Waals surface area contributed by atoms with E-state index >= 15 is 0 Å². The van der Waals surface area contributed by atoms with Gasteiger partial charge in [-0.2, -0.15) is 0 Å². The largest absolute Gasteiger partial charge is 0.443 e. The lowest BCUT2D eigenvalue weighted by Gasteiger charge is -2.31. The van der Waals surface area contributed by atoms with Crippen LogP contribution in [0.1, 0.15) is 11.6 Å². The average Bonchev–Trinajstić information content (AvgIpc) is 2.79. The molecule has 2 N–H and O–H groups in total. The highest BCUT2D eigenvalue weighted by Gasteiger charge is 2.46. The van der Waals surface area contributed by atoms with E-state index in [1.807, 2.05) is 0 Å². The standard InChI is InChI=1S/C12H10F2N2O2.ClH/c13-12(14)6-18-11(17)16-10(12)8-1-2-9-7(5-8)3-4-15-9;/h1-5,10,15H,6H2,(H,16,17);1H/t10-;/m1./s1. The third-order valence-corrected chi connectivity index (χ3v) is 2.99. The van der Waals surface area contributed by atoms with E-state index in [4.69, 9.17) is 0 Å². The number of alkyl halides is 2. The third-order valence-electron chi connectivity index (χ3n) is 2.99. The summed E-state index contributed by atoms with van der Waals surface area (Å²) in [6.07, 6.45) is 0.912. The van der Waals surface area contributed by atoms with E-state index in [2.05, 4.69) is 15.0 Å². The van der Waals surface area contributed by atoms with Gasteiger partial charge < -0.3 is 15.0 Å². The van der Waals surface area contributed by atoms with Crippen molar-refractivity contribution in [1.82, 2.24) is 10.3 Å². The number of carbonyl (C=O) groups excluding carboxylic acids is 1. The number of alkyl carbamates (subject to hydrolysis) is 1. The summed E-state index contributed by atoms with van der Waals surface area (Å²) in [5, 5.41) is 2.98. The first-order valence-electron chi connectivity index (χ1n) is 5.44. The quantitative estimate of drug-likeness (QED) is 0.847. The SMILES string of the molecule is Cl.O=C1N[C@H](c2ccc3[nH]ccc3c2)C(F)(F)CO1. The minimum Gasteiger partial charge on any atom is -0.443 e. The van der Waals surface area contributed by atoms with Crippen LogP contribution in [0.15, 0.2) is 30.5 Å². The molecule has 0 saturated carbocycles. The van der Waals surface area contributed by atoms with Crippen molar-refractivity contribution in [3.05, 3.63) is 36.0 Å². The molecule has 4 nitrogen and oxygen atoms in total. The van der Waals surface area contributed by atoms with Crippen LogP contribution in [0.4, 0.5) is 13.6 Å². The summed E-state index contributed by atoms with van der Waals surface area (Å²) in [5.41, 5.74) is 1.23. The van der Waals surface area contributed by atoms with Crippen LogP contribution in [0.2, 0.25) is 0 Å². The summed E-state index contributed by atoms with van der Waals surface area (Å²) in [7, 11) is 0. The van der Waals surface area contributed by atoms with Crippen LogP contribution < -0.4 is 5.32 Å². The highest BCUT2D eigenvalue weighted by atomic mass is 35.5. The second kappa shape index (κ2) is 4.70. The van der Waals surface area contributed by atoms with E-state index in [0.29, 0.717) is 5.56 Å². The number of rotatable bonds is 1. The summed E-state index contributed by atoms with van der Waals surface area (Å²) in [6, 6.07) is 5.36. The second-order valence-electron chi connectivity index (χ2n) is 4.24. The number of H-pyrrole nitrogens is 1. The van der Waals surface area contributed by atoms with Crippen molar-refractivity contribution < 1.29 is 18.3 Å². The van der Waals surface area contributed by atoms with Gasteiger partial charge in [-0.25, -0.2) is 13.6 Å². The molecular formula is C12H11ClF2N2O2. The van der Waals surface area contributed by atoms with Crippen LogP contribution in [-0.4, -0.2) is 23.6 Å². The van der Waals surface area contributed by atoms with Crippen molar-refractivity contribution in [2.24, 2.45) is 0 Å². The molecule has 1 atom stereocenters. The number of fused-ring (bicyclic) bond motifs is 1. The zero-order chi connectivity index (χ0) is 12.8. The Morgan fingerprint density at radius 1 is 1.32 bits per heavy atom. The molecule has 1 amide bonds. The maximum Gasteiger partial charge on any atom is 0.408 e. The first-order chi connectivity index (χ1) is 8.56. The lowest BCUT2D eigenvalue weighted by Crippen LogP contribution is -2.49. The van der Waals surface area contributed by atoms with Gasteiger partial charge in [-0.15, -0.1) is 12.4 Å². The Morgan fingerprint density at radius 2 is 2.11 bits per heavy atom. The number of hydrogen-bond acceptors (Lipinski definition) is 2. The van der Waals surface area contributed by atoms with Crippen LogP contribution in [0.3, 0.4) is 0 Å². The summed E-state index contributed by atoms with van der Waals surface area (Å²) in [5.74, 6) is -3.11. The van der Waals surface area contributed by atoms with Crippen molar-refractivity contribution in [2.45, 2.75) is 12.0 Å². The number of ether oxygens (including phenoxy) is 1. The van der Waals surface area contributed by atoms with Crippen LogP contribution in [0, 0.1) is 0 Å². The third kappa shape index (κ3) is 2.35. The zero-order valence-corrected chi connectivity index (χ0v) is 10.5. The number of hydrogen-bond donors (Lipinski definition) is 2. The number of amides is 1. The molecular weight excluding hydrogens is 278 g/mol. The Hall–Kier alpha value is -1.82. The van der Waals surface area contributed by atoms with E-state index in [9.17, 15) is 13.6 Å². The first-order valence-corrected chi connectivity index (χ1v) is 5.44. The molecule has 19 heavy (non-hydrogen) atoms. The molecule has 0 bridgehead atoms. The fourth-order valence-corrected chi connectivity index (χ4v) is 2.09. The van der Waals surface area contributed by atoms with Crippen LogP contribution in [0.5, 0.6) is 0 Å². The van der Waals surface area contributed by atoms with Crippen LogP contribution in [-0.2, 0) is 4.74 Å². The molecule has 0 aliphatic carbocycles. The highest BCUT2D eigenvalue weighted by molar-refractivity contribution is 5.85. The second-order valence-corrected chi connectivity index (χ2v) is 4.24. The number of cyclic esters (lactones) is 1. The van der Waals surface area contributed by atoms with E-state index < -0.39 is 24.7 Å². The summed E-state index contributed by atoms with van der Waals surface area (Å²) >= 11 is 0. The van der Waals surface area contributed by atoms with Gasteiger partial charge in [-0.05, 0) is 29.1 Å². The lowest BCUT2D eigenvalue weighted by molar-refractivity contribution is -0.104. The van der Waals surface area contributed by atoms with Crippen molar-refractivity contribution in [1.29, 1.82) is 0 Å². The predicted molar refractivity (Wildman–Crippen MR) is 67.7 cm³/mol. The molecule has 1 saturated heterocycles. The molecule has 3 rings (SSSR count). The predicted octanol–water partition coefficient (Wildman–Crippen LogP) is 3.01. The molecule has 102 valence electrons. The maximum absolute atomic E-state index is 13.7. The topological polar surface area (TPSA) is 54.1 Å². The molecule has 0 radical (unpaired) electrons. The van der Waals surface area contributed by atoms with E-state index in [-0.39, 0.29) is 12.4 Å². The van der Waals surface area contributed by atoms with Gasteiger partial charge in [-0.3, -0.25) is 0 Å². The summed E-state index contributed by atoms with van der Waals surface area (Å²) in [4.78, 5) is 14.1. The molecule has 1 aliphatic rings. The number of carbonyl (C=O) groups is 1. The van der Waals surface area contributed by atoms with Gasteiger partial charge in [0.05, 0.1) is 0 Å². The number of aromatic nitrogens is 1. The summed E-state index contributed by atoms with van der Waals surface area (Å²) < 4.78 is 31.7. The molecule has 1 aromatic heterocycles. The monoisotopic (exact) mass is 288 g/mol. The Morgan fingerprint density at radius 3 is 2.89 bits per heavy atom. The molecule has 1 aromatic carbocycles. The lowest BCUT2D eigenvalue weighted by atomic mass is 9.99. The number of aromatic amines is 1. The fourth-order valence-electron chi connectivity index (χ4n) is 2.09. The number of nitrogens with one attached hydrogen (secondary N) is 2. The fraction of sp³-hybridized carbons (Fsp3) is 0.250.